The van der Waals surface area contributed by atoms with E-state index in [4.69, 9.17) is 4.74 Å². The monoisotopic (exact) mass is 254 g/mol. The molecule has 0 radical (unpaired) electrons. The number of esters is 3. The van der Waals surface area contributed by atoms with E-state index >= 15 is 0 Å². The zero-order chi connectivity index (χ0) is 14.0. The van der Waals surface area contributed by atoms with Crippen LogP contribution in [0.5, 0.6) is 0 Å². The Morgan fingerprint density at radius 1 is 1.17 bits per heavy atom. The van der Waals surface area contributed by atoms with Crippen LogP contribution in [0.4, 0.5) is 0 Å². The molecule has 0 aromatic carbocycles. The standard InChI is InChI=1S/C13H18O5/c1-4-11(14)17-9-7-5-6-8-12(15)18-13(16)10(2)3/h4H,1-2,5-9H2,3H3. The highest BCUT2D eigenvalue weighted by atomic mass is 16.6. The molecule has 0 aromatic rings. The summed E-state index contributed by atoms with van der Waals surface area (Å²) < 4.78 is 9.25. The fourth-order valence-electron chi connectivity index (χ4n) is 1.02. The molecule has 5 nitrogen and oxygen atoms in total. The van der Waals surface area contributed by atoms with Gasteiger partial charge < -0.3 is 9.47 Å². The van der Waals surface area contributed by atoms with Gasteiger partial charge >= 0.3 is 17.9 Å². The van der Waals surface area contributed by atoms with E-state index in [-0.39, 0.29) is 12.0 Å². The maximum Gasteiger partial charge on any atom is 0.340 e. The Hall–Kier alpha value is -1.91. The van der Waals surface area contributed by atoms with Gasteiger partial charge in [-0.15, -0.1) is 0 Å². The average Bonchev–Trinajstić information content (AvgIpc) is 2.32. The van der Waals surface area contributed by atoms with Crippen molar-refractivity contribution in [2.75, 3.05) is 6.61 Å². The van der Waals surface area contributed by atoms with Gasteiger partial charge in [-0.25, -0.2) is 9.59 Å². The lowest BCUT2D eigenvalue weighted by molar-refractivity contribution is -0.157. The molecule has 0 saturated carbocycles. The van der Waals surface area contributed by atoms with Crippen LogP contribution in [0, 0.1) is 0 Å². The predicted molar refractivity (Wildman–Crippen MR) is 65.5 cm³/mol. The third-order valence-corrected chi connectivity index (χ3v) is 1.99. The Morgan fingerprint density at radius 3 is 2.39 bits per heavy atom. The van der Waals surface area contributed by atoms with Crippen LogP contribution < -0.4 is 0 Å². The van der Waals surface area contributed by atoms with Crippen LogP contribution >= 0.6 is 0 Å². The Bertz CT molecular complexity index is 343. The van der Waals surface area contributed by atoms with Gasteiger partial charge in [-0.1, -0.05) is 13.2 Å². The predicted octanol–water partition coefficient (Wildman–Crippen LogP) is 1.92. The quantitative estimate of drug-likeness (QED) is 0.286. The van der Waals surface area contributed by atoms with Gasteiger partial charge in [0.15, 0.2) is 0 Å². The van der Waals surface area contributed by atoms with Gasteiger partial charge in [-0.2, -0.15) is 0 Å². The molecule has 0 rings (SSSR count). The van der Waals surface area contributed by atoms with Crippen LogP contribution in [0.25, 0.3) is 0 Å². The molecule has 0 spiro atoms. The number of unbranched alkanes of at least 4 members (excludes halogenated alkanes) is 2. The minimum atomic E-state index is -0.695. The van der Waals surface area contributed by atoms with E-state index in [9.17, 15) is 14.4 Å². The van der Waals surface area contributed by atoms with Crippen LogP contribution in [0.15, 0.2) is 24.8 Å². The molecule has 0 bridgehead atoms. The van der Waals surface area contributed by atoms with Crippen LogP contribution in [0.2, 0.25) is 0 Å². The number of carbonyl (C=O) groups excluding carboxylic acids is 3. The van der Waals surface area contributed by atoms with Gasteiger partial charge in [-0.3, -0.25) is 4.79 Å². The van der Waals surface area contributed by atoms with E-state index in [0.29, 0.717) is 25.9 Å². The molecular weight excluding hydrogens is 236 g/mol. The van der Waals surface area contributed by atoms with Crippen molar-refractivity contribution in [1.29, 1.82) is 0 Å². The van der Waals surface area contributed by atoms with Crippen LogP contribution in [0.3, 0.4) is 0 Å². The van der Waals surface area contributed by atoms with Gasteiger partial charge in [0, 0.05) is 18.1 Å². The molecule has 0 N–H and O–H groups in total. The number of hydrogen-bond acceptors (Lipinski definition) is 5. The van der Waals surface area contributed by atoms with E-state index in [2.05, 4.69) is 17.9 Å². The Kier molecular flexibility index (Phi) is 8.18. The Labute approximate surface area is 106 Å². The molecule has 0 aliphatic heterocycles. The molecule has 100 valence electrons. The minimum absolute atomic E-state index is 0.161. The summed E-state index contributed by atoms with van der Waals surface area (Å²) in [5.41, 5.74) is 0.194. The van der Waals surface area contributed by atoms with Crippen molar-refractivity contribution >= 4 is 17.9 Å². The summed E-state index contributed by atoms with van der Waals surface area (Å²) in [6, 6.07) is 0. The highest BCUT2D eigenvalue weighted by Crippen LogP contribution is 2.03. The molecular formula is C13H18O5. The second-order valence-electron chi connectivity index (χ2n) is 3.72. The highest BCUT2D eigenvalue weighted by molar-refractivity contribution is 5.95. The van der Waals surface area contributed by atoms with Crippen molar-refractivity contribution in [1.82, 2.24) is 0 Å². The molecule has 0 heterocycles. The molecule has 0 aliphatic rings. The smallest absolute Gasteiger partial charge is 0.340 e. The fourth-order valence-corrected chi connectivity index (χ4v) is 1.02. The second-order valence-corrected chi connectivity index (χ2v) is 3.72. The summed E-state index contributed by atoms with van der Waals surface area (Å²) >= 11 is 0. The molecule has 5 heteroatoms. The van der Waals surface area contributed by atoms with E-state index in [1.54, 1.807) is 0 Å². The molecule has 0 fully saturated rings. The zero-order valence-corrected chi connectivity index (χ0v) is 10.6. The number of ether oxygens (including phenoxy) is 2. The lowest BCUT2D eigenvalue weighted by Gasteiger charge is -2.03. The van der Waals surface area contributed by atoms with Crippen LogP contribution in [-0.2, 0) is 23.9 Å². The highest BCUT2D eigenvalue weighted by Gasteiger charge is 2.10. The van der Waals surface area contributed by atoms with Crippen LogP contribution in [-0.4, -0.2) is 24.5 Å². The van der Waals surface area contributed by atoms with Crippen molar-refractivity contribution in [3.8, 4) is 0 Å². The summed E-state index contributed by atoms with van der Waals surface area (Å²) in [6.45, 7) is 8.41. The van der Waals surface area contributed by atoms with E-state index < -0.39 is 17.9 Å². The lowest BCUT2D eigenvalue weighted by atomic mass is 10.2. The van der Waals surface area contributed by atoms with Crippen molar-refractivity contribution < 1.29 is 23.9 Å². The van der Waals surface area contributed by atoms with Gasteiger partial charge in [-0.05, 0) is 26.2 Å². The van der Waals surface area contributed by atoms with Gasteiger partial charge in [0.1, 0.15) is 0 Å². The lowest BCUT2D eigenvalue weighted by Crippen LogP contribution is -2.12. The molecule has 18 heavy (non-hydrogen) atoms. The van der Waals surface area contributed by atoms with E-state index in [1.165, 1.54) is 6.92 Å². The average molecular weight is 254 g/mol. The Morgan fingerprint density at radius 2 is 1.83 bits per heavy atom. The second kappa shape index (κ2) is 9.15. The molecule has 0 amide bonds. The first-order valence-corrected chi connectivity index (χ1v) is 5.67. The third kappa shape index (κ3) is 8.27. The topological polar surface area (TPSA) is 69.7 Å². The number of carbonyl (C=O) groups is 3. The van der Waals surface area contributed by atoms with E-state index in [0.717, 1.165) is 6.08 Å². The molecule has 0 aliphatic carbocycles. The van der Waals surface area contributed by atoms with Gasteiger partial charge in [0.2, 0.25) is 0 Å². The maximum absolute atomic E-state index is 11.2. The van der Waals surface area contributed by atoms with Gasteiger partial charge in [0.05, 0.1) is 6.61 Å². The van der Waals surface area contributed by atoms with Crippen molar-refractivity contribution in [3.63, 3.8) is 0 Å². The SMILES string of the molecule is C=CC(=O)OCCCCCC(=O)OC(=O)C(=C)C. The summed E-state index contributed by atoms with van der Waals surface area (Å²) in [5, 5.41) is 0. The van der Waals surface area contributed by atoms with Crippen molar-refractivity contribution in [2.24, 2.45) is 0 Å². The summed E-state index contributed by atoms with van der Waals surface area (Å²) in [4.78, 5) is 32.8. The van der Waals surface area contributed by atoms with Crippen molar-refractivity contribution in [2.45, 2.75) is 32.6 Å². The summed E-state index contributed by atoms with van der Waals surface area (Å²) in [6.07, 6.45) is 3.20. The summed E-state index contributed by atoms with van der Waals surface area (Å²) in [7, 11) is 0. The first kappa shape index (κ1) is 16.1. The summed E-state index contributed by atoms with van der Waals surface area (Å²) in [5.74, 6) is -1.72. The van der Waals surface area contributed by atoms with Crippen molar-refractivity contribution in [3.05, 3.63) is 24.8 Å². The van der Waals surface area contributed by atoms with Crippen LogP contribution in [0.1, 0.15) is 32.6 Å². The minimum Gasteiger partial charge on any atom is -0.463 e. The third-order valence-electron chi connectivity index (χ3n) is 1.99. The maximum atomic E-state index is 11.2. The normalized spacial score (nSPS) is 9.39. The fraction of sp³-hybridized carbons (Fsp3) is 0.462. The molecule has 0 atom stereocenters. The molecule has 0 unspecified atom stereocenters. The number of rotatable bonds is 8. The molecule has 0 saturated heterocycles. The zero-order valence-electron chi connectivity index (χ0n) is 10.6. The first-order valence-electron chi connectivity index (χ1n) is 5.67. The first-order chi connectivity index (χ1) is 8.47. The molecule has 0 aromatic heterocycles. The number of hydrogen-bond donors (Lipinski definition) is 0. The Balaban J connectivity index is 3.52. The van der Waals surface area contributed by atoms with Gasteiger partial charge in [0.25, 0.3) is 0 Å². The largest absolute Gasteiger partial charge is 0.463 e. The van der Waals surface area contributed by atoms with E-state index in [1.807, 2.05) is 0 Å².